The third kappa shape index (κ3) is 5.65. The highest BCUT2D eigenvalue weighted by atomic mass is 16.5. The van der Waals surface area contributed by atoms with Crippen LogP contribution in [0.5, 0.6) is 5.75 Å². The van der Waals surface area contributed by atoms with Gasteiger partial charge in [-0.3, -0.25) is 15.0 Å². The van der Waals surface area contributed by atoms with Crippen molar-refractivity contribution in [3.63, 3.8) is 0 Å². The molecule has 0 saturated heterocycles. The Morgan fingerprint density at radius 3 is 2.91 bits per heavy atom. The number of benzene rings is 2. The van der Waals surface area contributed by atoms with Gasteiger partial charge in [-0.1, -0.05) is 18.1 Å². The summed E-state index contributed by atoms with van der Waals surface area (Å²) in [6.45, 7) is 0.725. The zero-order chi connectivity index (χ0) is 22.9. The van der Waals surface area contributed by atoms with Gasteiger partial charge in [0.1, 0.15) is 18.7 Å². The van der Waals surface area contributed by atoms with Gasteiger partial charge in [0.2, 0.25) is 5.95 Å². The fraction of sp³-hybridized carbons (Fsp3) is 0.0833. The van der Waals surface area contributed by atoms with E-state index in [1.807, 2.05) is 30.3 Å². The summed E-state index contributed by atoms with van der Waals surface area (Å²) in [5, 5.41) is 4.03. The maximum atomic E-state index is 5.89. The molecular weight excluding hydrogens is 416 g/mol. The quantitative estimate of drug-likeness (QED) is 0.247. The number of aliphatic imine (C=N–C) groups is 2. The predicted octanol–water partition coefficient (Wildman–Crippen LogP) is 3.24. The second-order valence-corrected chi connectivity index (χ2v) is 6.81. The lowest BCUT2D eigenvalue weighted by molar-refractivity contribution is 0.300. The highest BCUT2D eigenvalue weighted by molar-refractivity contribution is 5.83. The van der Waals surface area contributed by atoms with Gasteiger partial charge in [-0.2, -0.15) is 0 Å². The third-order valence-corrected chi connectivity index (χ3v) is 4.52. The monoisotopic (exact) mass is 436 g/mol. The summed E-state index contributed by atoms with van der Waals surface area (Å²) >= 11 is 0. The van der Waals surface area contributed by atoms with E-state index in [-0.39, 0.29) is 6.61 Å². The van der Waals surface area contributed by atoms with Gasteiger partial charge in [-0.05, 0) is 23.8 Å². The molecule has 9 heteroatoms. The molecule has 0 amide bonds. The van der Waals surface area contributed by atoms with Gasteiger partial charge in [0.05, 0.1) is 35.9 Å². The van der Waals surface area contributed by atoms with Crippen molar-refractivity contribution >= 4 is 35.2 Å². The summed E-state index contributed by atoms with van der Waals surface area (Å²) in [4.78, 5) is 25.2. The van der Waals surface area contributed by atoms with Crippen LogP contribution in [-0.4, -0.2) is 32.6 Å². The Morgan fingerprint density at radius 2 is 2.09 bits per heavy atom. The minimum absolute atomic E-state index is 0.246. The molecule has 2 aromatic carbocycles. The zero-order valence-corrected chi connectivity index (χ0v) is 17.6. The van der Waals surface area contributed by atoms with Crippen molar-refractivity contribution in [2.24, 2.45) is 15.7 Å². The van der Waals surface area contributed by atoms with Gasteiger partial charge >= 0.3 is 0 Å². The number of nitrogens with one attached hydrogen (secondary N) is 1. The fourth-order valence-corrected chi connectivity index (χ4v) is 3.02. The van der Waals surface area contributed by atoms with Crippen LogP contribution in [-0.2, 0) is 13.2 Å². The smallest absolute Gasteiger partial charge is 0.227 e. The number of hydrogen-bond donors (Lipinski definition) is 2. The van der Waals surface area contributed by atoms with Gasteiger partial charge in [0.15, 0.2) is 0 Å². The van der Waals surface area contributed by atoms with Crippen LogP contribution >= 0.6 is 0 Å². The van der Waals surface area contributed by atoms with Crippen molar-refractivity contribution in [2.75, 3.05) is 5.32 Å². The second kappa shape index (κ2) is 10.5. The number of aromatic nitrogens is 4. The van der Waals surface area contributed by atoms with E-state index in [2.05, 4.69) is 41.2 Å². The van der Waals surface area contributed by atoms with Crippen molar-refractivity contribution in [2.45, 2.75) is 13.2 Å². The zero-order valence-electron chi connectivity index (χ0n) is 17.6. The van der Waals surface area contributed by atoms with E-state index in [9.17, 15) is 0 Å². The van der Waals surface area contributed by atoms with Crippen LogP contribution in [0.1, 0.15) is 16.8 Å². The van der Waals surface area contributed by atoms with E-state index in [1.165, 1.54) is 12.7 Å². The summed E-state index contributed by atoms with van der Waals surface area (Å²) in [5.74, 6) is 3.64. The summed E-state index contributed by atoms with van der Waals surface area (Å²) in [7, 11) is 0. The van der Waals surface area contributed by atoms with E-state index in [4.69, 9.17) is 16.9 Å². The molecule has 0 atom stereocenters. The van der Waals surface area contributed by atoms with Crippen molar-refractivity contribution in [3.8, 4) is 18.1 Å². The topological polar surface area (TPSA) is 124 Å². The molecule has 162 valence electrons. The summed E-state index contributed by atoms with van der Waals surface area (Å²) in [6, 6.07) is 11.4. The van der Waals surface area contributed by atoms with Crippen LogP contribution in [0.25, 0.3) is 10.9 Å². The summed E-state index contributed by atoms with van der Waals surface area (Å²) < 4.78 is 5.89. The predicted molar refractivity (Wildman–Crippen MR) is 128 cm³/mol. The number of nitrogens with zero attached hydrogens (tertiary/aromatic N) is 6. The van der Waals surface area contributed by atoms with Gasteiger partial charge in [0.25, 0.3) is 0 Å². The first-order chi connectivity index (χ1) is 16.2. The standard InChI is InChI=1S/C24H20N8O/c1-2-18-9-19-12-30-24(31-20-5-3-4-17(8-20)11-27-16-28-15-25)32-22(19)10-23(18)33-14-21-13-26-6-7-29-21/h1,3-10,12-13,15-16H,11,14H2,(H2,25,27,28)(H,30,31,32). The molecule has 9 nitrogen and oxygen atoms in total. The highest BCUT2D eigenvalue weighted by Gasteiger charge is 2.09. The lowest BCUT2D eigenvalue weighted by Gasteiger charge is -2.11. The first kappa shape index (κ1) is 21.4. The fourth-order valence-electron chi connectivity index (χ4n) is 3.02. The Kier molecular flexibility index (Phi) is 6.78. The van der Waals surface area contributed by atoms with Crippen LogP contribution in [0.3, 0.4) is 0 Å². The number of fused-ring (bicyclic) bond motifs is 1. The molecule has 2 heterocycles. The van der Waals surface area contributed by atoms with Crippen molar-refractivity contribution in [1.82, 2.24) is 19.9 Å². The van der Waals surface area contributed by atoms with Gasteiger partial charge in [-0.25, -0.2) is 15.0 Å². The van der Waals surface area contributed by atoms with Crippen LogP contribution in [0, 0.1) is 12.3 Å². The molecule has 4 aromatic rings. The summed E-state index contributed by atoms with van der Waals surface area (Å²) in [5.41, 5.74) is 9.04. The average Bonchev–Trinajstić information content (AvgIpc) is 2.85. The lowest BCUT2D eigenvalue weighted by Crippen LogP contribution is -2.01. The molecule has 0 saturated carbocycles. The molecule has 3 N–H and O–H groups in total. The molecular formula is C24H20N8O. The first-order valence-corrected chi connectivity index (χ1v) is 9.98. The Bertz CT molecular complexity index is 1350. The van der Waals surface area contributed by atoms with E-state index in [1.54, 1.807) is 30.9 Å². The van der Waals surface area contributed by atoms with Crippen LogP contribution in [0.2, 0.25) is 0 Å². The van der Waals surface area contributed by atoms with Gasteiger partial charge < -0.3 is 15.8 Å². The number of hydrogen-bond acceptors (Lipinski definition) is 7. The molecule has 0 aliphatic rings. The highest BCUT2D eigenvalue weighted by Crippen LogP contribution is 2.26. The Balaban J connectivity index is 1.54. The van der Waals surface area contributed by atoms with Gasteiger partial charge in [0, 0.05) is 35.7 Å². The lowest BCUT2D eigenvalue weighted by atomic mass is 10.1. The number of nitrogens with two attached hydrogens (primary N) is 1. The van der Waals surface area contributed by atoms with Crippen LogP contribution < -0.4 is 15.8 Å². The number of anilines is 2. The van der Waals surface area contributed by atoms with E-state index >= 15 is 0 Å². The van der Waals surface area contributed by atoms with E-state index < -0.39 is 0 Å². The molecule has 33 heavy (non-hydrogen) atoms. The van der Waals surface area contributed by atoms with Crippen LogP contribution in [0.4, 0.5) is 11.6 Å². The molecule has 0 spiro atoms. The molecule has 0 bridgehead atoms. The number of terminal acetylenes is 1. The average molecular weight is 436 g/mol. The molecule has 0 aliphatic heterocycles. The normalized spacial score (nSPS) is 11.1. The number of rotatable bonds is 8. The first-order valence-electron chi connectivity index (χ1n) is 9.98. The summed E-state index contributed by atoms with van der Waals surface area (Å²) in [6.07, 6.45) is 14.9. The molecule has 0 unspecified atom stereocenters. The maximum absolute atomic E-state index is 5.89. The van der Waals surface area contributed by atoms with Crippen molar-refractivity contribution < 1.29 is 4.74 Å². The largest absolute Gasteiger partial charge is 0.486 e. The van der Waals surface area contributed by atoms with E-state index in [0.29, 0.717) is 35.0 Å². The molecule has 0 radical (unpaired) electrons. The molecule has 0 fully saturated rings. The maximum Gasteiger partial charge on any atom is 0.227 e. The molecule has 0 aliphatic carbocycles. The Hall–Kier alpha value is -4.84. The Labute approximate surface area is 190 Å². The van der Waals surface area contributed by atoms with Crippen molar-refractivity contribution in [1.29, 1.82) is 0 Å². The van der Waals surface area contributed by atoms with Crippen molar-refractivity contribution in [3.05, 3.63) is 78.0 Å². The van der Waals surface area contributed by atoms with E-state index in [0.717, 1.165) is 16.6 Å². The SMILES string of the molecule is C#Cc1cc2cnc(Nc3cccc(CN=CN=CN)c3)nc2cc1OCc1cnccn1. The minimum Gasteiger partial charge on any atom is -0.486 e. The molecule has 4 rings (SSSR count). The molecule has 2 aromatic heterocycles. The van der Waals surface area contributed by atoms with Gasteiger partial charge in [-0.15, -0.1) is 6.42 Å². The Morgan fingerprint density at radius 1 is 1.15 bits per heavy atom. The van der Waals surface area contributed by atoms with Crippen LogP contribution in [0.15, 0.2) is 71.2 Å². The number of ether oxygens (including phenoxy) is 1. The third-order valence-electron chi connectivity index (χ3n) is 4.52. The minimum atomic E-state index is 0.246. The second-order valence-electron chi connectivity index (χ2n) is 6.81.